The summed E-state index contributed by atoms with van der Waals surface area (Å²) in [7, 11) is 0. The Balaban J connectivity index is 3.08. The summed E-state index contributed by atoms with van der Waals surface area (Å²) < 4.78 is 9.58. The summed E-state index contributed by atoms with van der Waals surface area (Å²) in [5.41, 5.74) is -0.0733. The molecule has 0 radical (unpaired) electrons. The van der Waals surface area contributed by atoms with Crippen LogP contribution in [0.5, 0.6) is 0 Å². The highest BCUT2D eigenvalue weighted by Crippen LogP contribution is 2.29. The third-order valence-corrected chi connectivity index (χ3v) is 2.29. The van der Waals surface area contributed by atoms with Gasteiger partial charge < -0.3 is 9.47 Å². The van der Waals surface area contributed by atoms with Gasteiger partial charge in [-0.05, 0) is 12.1 Å². The second-order valence-electron chi connectivity index (χ2n) is 3.52. The Morgan fingerprint density at radius 1 is 1.26 bits per heavy atom. The van der Waals surface area contributed by atoms with E-state index in [9.17, 15) is 19.7 Å². The number of nitrogens with zero attached hydrogens (tertiary/aromatic N) is 1. The van der Waals surface area contributed by atoms with Gasteiger partial charge in [0.15, 0.2) is 0 Å². The molecule has 1 rings (SSSR count). The maximum absolute atomic E-state index is 10.9. The van der Waals surface area contributed by atoms with Crippen LogP contribution in [-0.4, -0.2) is 16.9 Å². The molecular weight excluding hydrogens is 278 g/mol. The van der Waals surface area contributed by atoms with E-state index < -0.39 is 23.2 Å². The fraction of sp³-hybridized carbons (Fsp3) is 0.273. The zero-order valence-electron chi connectivity index (χ0n) is 10.1. The number of nitro groups is 1. The number of benzene rings is 1. The van der Waals surface area contributed by atoms with E-state index in [0.29, 0.717) is 0 Å². The van der Waals surface area contributed by atoms with Crippen molar-refractivity contribution in [2.24, 2.45) is 0 Å². The van der Waals surface area contributed by atoms with E-state index in [0.717, 1.165) is 19.9 Å². The minimum Gasteiger partial charge on any atom is -0.421 e. The van der Waals surface area contributed by atoms with Crippen molar-refractivity contribution >= 4 is 29.2 Å². The van der Waals surface area contributed by atoms with E-state index in [4.69, 9.17) is 21.1 Å². The highest BCUT2D eigenvalue weighted by Gasteiger charge is 2.21. The van der Waals surface area contributed by atoms with E-state index in [1.165, 1.54) is 12.1 Å². The number of halogens is 1. The van der Waals surface area contributed by atoms with Gasteiger partial charge in [-0.25, -0.2) is 0 Å². The average molecular weight is 288 g/mol. The van der Waals surface area contributed by atoms with Gasteiger partial charge in [-0.15, -0.1) is 0 Å². The van der Waals surface area contributed by atoms with Crippen LogP contribution >= 0.6 is 11.6 Å². The lowest BCUT2D eigenvalue weighted by molar-refractivity contribution is -0.384. The molecule has 0 fully saturated rings. The quantitative estimate of drug-likeness (QED) is 0.365. The first-order chi connectivity index (χ1) is 8.81. The van der Waals surface area contributed by atoms with E-state index in [1.807, 2.05) is 0 Å². The van der Waals surface area contributed by atoms with Gasteiger partial charge in [0, 0.05) is 25.5 Å². The molecule has 1 aromatic rings. The Labute approximate surface area is 113 Å². The van der Waals surface area contributed by atoms with Crippen LogP contribution in [0.4, 0.5) is 5.69 Å². The number of hydrogen-bond acceptors (Lipinski definition) is 6. The number of carbonyl (C=O) groups excluding carboxylic acids is 2. The predicted molar refractivity (Wildman–Crippen MR) is 64.4 cm³/mol. The molecular formula is C11H10ClNO6. The summed E-state index contributed by atoms with van der Waals surface area (Å²) in [5.74, 6) is -1.33. The number of esters is 2. The molecule has 0 aliphatic heterocycles. The summed E-state index contributed by atoms with van der Waals surface area (Å²) in [5, 5.41) is 10.5. The monoisotopic (exact) mass is 287 g/mol. The smallest absolute Gasteiger partial charge is 0.305 e. The van der Waals surface area contributed by atoms with Crippen LogP contribution in [0.3, 0.4) is 0 Å². The van der Waals surface area contributed by atoms with Crippen molar-refractivity contribution in [2.45, 2.75) is 20.1 Å². The van der Waals surface area contributed by atoms with Gasteiger partial charge in [-0.2, -0.15) is 0 Å². The zero-order valence-corrected chi connectivity index (χ0v) is 10.8. The third-order valence-electron chi connectivity index (χ3n) is 1.99. The second-order valence-corrected chi connectivity index (χ2v) is 3.93. The lowest BCUT2D eigenvalue weighted by Gasteiger charge is -2.16. The normalized spacial score (nSPS) is 10.1. The van der Waals surface area contributed by atoms with Gasteiger partial charge in [0.05, 0.1) is 4.92 Å². The maximum Gasteiger partial charge on any atom is 0.305 e. The van der Waals surface area contributed by atoms with E-state index in [2.05, 4.69) is 0 Å². The molecule has 0 saturated heterocycles. The first-order valence-electron chi connectivity index (χ1n) is 5.09. The van der Waals surface area contributed by atoms with Crippen molar-refractivity contribution in [1.29, 1.82) is 0 Å². The number of hydrogen-bond donors (Lipinski definition) is 0. The number of carbonyl (C=O) groups is 2. The van der Waals surface area contributed by atoms with E-state index in [-0.39, 0.29) is 16.3 Å². The Morgan fingerprint density at radius 2 is 1.79 bits per heavy atom. The zero-order chi connectivity index (χ0) is 14.6. The summed E-state index contributed by atoms with van der Waals surface area (Å²) in [6.45, 7) is 2.28. The summed E-state index contributed by atoms with van der Waals surface area (Å²) in [6, 6.07) is 3.63. The molecule has 0 amide bonds. The summed E-state index contributed by atoms with van der Waals surface area (Å²) in [4.78, 5) is 31.8. The first kappa shape index (κ1) is 14.9. The molecule has 0 unspecified atom stereocenters. The molecule has 7 nitrogen and oxygen atoms in total. The Bertz CT molecular complexity index is 514. The van der Waals surface area contributed by atoms with E-state index in [1.54, 1.807) is 0 Å². The Morgan fingerprint density at radius 3 is 2.16 bits per heavy atom. The molecule has 8 heteroatoms. The minimum atomic E-state index is -1.28. The van der Waals surface area contributed by atoms with Crippen molar-refractivity contribution in [3.05, 3.63) is 38.9 Å². The summed E-state index contributed by atoms with van der Waals surface area (Å²) >= 11 is 5.72. The molecule has 0 aliphatic rings. The fourth-order valence-corrected chi connectivity index (χ4v) is 1.54. The Hall–Kier alpha value is -2.15. The van der Waals surface area contributed by atoms with Crippen molar-refractivity contribution in [3.63, 3.8) is 0 Å². The molecule has 0 atom stereocenters. The SMILES string of the molecule is CC(=O)OC(OC(C)=O)c1ccc([N+](=O)[O-])c(Cl)c1. The molecule has 0 bridgehead atoms. The van der Waals surface area contributed by atoms with Crippen LogP contribution in [0.2, 0.25) is 5.02 Å². The van der Waals surface area contributed by atoms with Gasteiger partial charge in [0.25, 0.3) is 12.0 Å². The first-order valence-corrected chi connectivity index (χ1v) is 5.47. The van der Waals surface area contributed by atoms with Crippen LogP contribution < -0.4 is 0 Å². The lowest BCUT2D eigenvalue weighted by atomic mass is 10.2. The largest absolute Gasteiger partial charge is 0.421 e. The van der Waals surface area contributed by atoms with Crippen LogP contribution in [0.15, 0.2) is 18.2 Å². The van der Waals surface area contributed by atoms with Crippen molar-refractivity contribution in [2.75, 3.05) is 0 Å². The molecule has 1 aromatic carbocycles. The average Bonchev–Trinajstić information content (AvgIpc) is 2.26. The summed E-state index contributed by atoms with van der Waals surface area (Å²) in [6.07, 6.45) is -1.28. The lowest BCUT2D eigenvalue weighted by Crippen LogP contribution is -2.15. The predicted octanol–water partition coefficient (Wildman–Crippen LogP) is 2.37. The van der Waals surface area contributed by atoms with E-state index >= 15 is 0 Å². The molecule has 0 heterocycles. The second kappa shape index (κ2) is 6.14. The molecule has 0 N–H and O–H groups in total. The third kappa shape index (κ3) is 4.22. The minimum absolute atomic E-state index is 0.146. The van der Waals surface area contributed by atoms with Crippen molar-refractivity contribution in [1.82, 2.24) is 0 Å². The van der Waals surface area contributed by atoms with Crippen LogP contribution in [0, 0.1) is 10.1 Å². The van der Waals surface area contributed by atoms with Crippen LogP contribution in [0.25, 0.3) is 0 Å². The standard InChI is InChI=1S/C11H10ClNO6/c1-6(14)18-11(19-7(2)15)8-3-4-10(13(16)17)9(12)5-8/h3-5,11H,1-2H3. The molecule has 0 spiro atoms. The van der Waals surface area contributed by atoms with Gasteiger partial charge in [-0.1, -0.05) is 11.6 Å². The molecule has 0 saturated carbocycles. The van der Waals surface area contributed by atoms with Gasteiger partial charge in [-0.3, -0.25) is 19.7 Å². The highest BCUT2D eigenvalue weighted by molar-refractivity contribution is 6.32. The number of ether oxygens (including phenoxy) is 2. The molecule has 102 valence electrons. The maximum atomic E-state index is 10.9. The van der Waals surface area contributed by atoms with Crippen LogP contribution in [0.1, 0.15) is 25.7 Å². The molecule has 19 heavy (non-hydrogen) atoms. The van der Waals surface area contributed by atoms with Gasteiger partial charge in [0.2, 0.25) is 0 Å². The number of rotatable bonds is 4. The Kier molecular flexibility index (Phi) is 4.82. The number of nitro benzene ring substituents is 1. The van der Waals surface area contributed by atoms with Gasteiger partial charge in [0.1, 0.15) is 5.02 Å². The fourth-order valence-electron chi connectivity index (χ4n) is 1.28. The van der Waals surface area contributed by atoms with Crippen molar-refractivity contribution in [3.8, 4) is 0 Å². The molecule has 0 aromatic heterocycles. The van der Waals surface area contributed by atoms with Gasteiger partial charge >= 0.3 is 11.9 Å². The van der Waals surface area contributed by atoms with Crippen LogP contribution in [-0.2, 0) is 19.1 Å². The molecule has 0 aliphatic carbocycles. The van der Waals surface area contributed by atoms with Crippen molar-refractivity contribution < 1.29 is 24.0 Å². The topological polar surface area (TPSA) is 95.7 Å². The highest BCUT2D eigenvalue weighted by atomic mass is 35.5.